The first-order valence-corrected chi connectivity index (χ1v) is 5.24. The number of benzene rings is 1. The molecule has 1 saturated heterocycles. The van der Waals surface area contributed by atoms with E-state index in [-0.39, 0.29) is 0 Å². The predicted octanol–water partition coefficient (Wildman–Crippen LogP) is 2.49. The molecular weight excluding hydrogens is 198 g/mol. The van der Waals surface area contributed by atoms with Crippen LogP contribution in [-0.2, 0) is 4.74 Å². The van der Waals surface area contributed by atoms with E-state index >= 15 is 0 Å². The Morgan fingerprint density at radius 3 is 2.71 bits per heavy atom. The lowest BCUT2D eigenvalue weighted by Crippen LogP contribution is -2.36. The highest BCUT2D eigenvalue weighted by Crippen LogP contribution is 2.24. The standard InChI is InChI=1S/C11H14ClNO/c1-9-2-3-10(12)8-11(9)13-4-6-14-7-5-13/h2-3,8H,4-7H2,1H3. The van der Waals surface area contributed by atoms with E-state index in [1.807, 2.05) is 12.1 Å². The topological polar surface area (TPSA) is 12.5 Å². The van der Waals surface area contributed by atoms with Gasteiger partial charge in [0, 0.05) is 23.8 Å². The summed E-state index contributed by atoms with van der Waals surface area (Å²) in [5, 5.41) is 0.803. The Labute approximate surface area is 89.4 Å². The highest BCUT2D eigenvalue weighted by Gasteiger charge is 2.13. The third kappa shape index (κ3) is 2.02. The number of hydrogen-bond donors (Lipinski definition) is 0. The molecule has 2 nitrogen and oxygen atoms in total. The zero-order chi connectivity index (χ0) is 9.97. The van der Waals surface area contributed by atoms with Gasteiger partial charge >= 0.3 is 0 Å². The molecule has 1 fully saturated rings. The number of morpholine rings is 1. The van der Waals surface area contributed by atoms with Crippen LogP contribution < -0.4 is 4.90 Å². The molecule has 1 heterocycles. The van der Waals surface area contributed by atoms with Gasteiger partial charge < -0.3 is 9.64 Å². The molecule has 1 aromatic carbocycles. The second-order valence-corrected chi connectivity index (χ2v) is 3.97. The zero-order valence-corrected chi connectivity index (χ0v) is 9.05. The van der Waals surface area contributed by atoms with Crippen molar-refractivity contribution in [2.24, 2.45) is 0 Å². The number of rotatable bonds is 1. The fourth-order valence-electron chi connectivity index (χ4n) is 1.73. The number of ether oxygens (including phenoxy) is 1. The molecular formula is C11H14ClNO. The fraction of sp³-hybridized carbons (Fsp3) is 0.455. The summed E-state index contributed by atoms with van der Waals surface area (Å²) in [7, 11) is 0. The smallest absolute Gasteiger partial charge is 0.0642 e. The van der Waals surface area contributed by atoms with Crippen molar-refractivity contribution in [3.63, 3.8) is 0 Å². The summed E-state index contributed by atoms with van der Waals surface area (Å²) in [6.45, 7) is 5.65. The normalized spacial score (nSPS) is 17.1. The average molecular weight is 212 g/mol. The molecule has 3 heteroatoms. The number of nitrogens with zero attached hydrogens (tertiary/aromatic N) is 1. The Kier molecular flexibility index (Phi) is 2.94. The minimum Gasteiger partial charge on any atom is -0.378 e. The summed E-state index contributed by atoms with van der Waals surface area (Å²) in [5.74, 6) is 0. The summed E-state index contributed by atoms with van der Waals surface area (Å²) >= 11 is 5.98. The summed E-state index contributed by atoms with van der Waals surface area (Å²) in [6, 6.07) is 6.02. The van der Waals surface area contributed by atoms with Gasteiger partial charge in [0.2, 0.25) is 0 Å². The van der Waals surface area contributed by atoms with E-state index in [1.54, 1.807) is 0 Å². The molecule has 0 amide bonds. The first kappa shape index (κ1) is 9.81. The summed E-state index contributed by atoms with van der Waals surface area (Å²) < 4.78 is 5.32. The van der Waals surface area contributed by atoms with Gasteiger partial charge in [-0.2, -0.15) is 0 Å². The van der Waals surface area contributed by atoms with Crippen molar-refractivity contribution < 1.29 is 4.74 Å². The molecule has 1 aliphatic rings. The molecule has 0 atom stereocenters. The highest BCUT2D eigenvalue weighted by atomic mass is 35.5. The van der Waals surface area contributed by atoms with Crippen LogP contribution in [0.4, 0.5) is 5.69 Å². The maximum Gasteiger partial charge on any atom is 0.0642 e. The lowest BCUT2D eigenvalue weighted by Gasteiger charge is -2.30. The second-order valence-electron chi connectivity index (χ2n) is 3.53. The maximum atomic E-state index is 5.98. The Morgan fingerprint density at radius 2 is 2.00 bits per heavy atom. The Bertz CT molecular complexity index is 321. The number of aryl methyl sites for hydroxylation is 1. The minimum absolute atomic E-state index is 0.803. The molecule has 1 aliphatic heterocycles. The average Bonchev–Trinajstić information content (AvgIpc) is 2.23. The molecule has 0 radical (unpaired) electrons. The van der Waals surface area contributed by atoms with Gasteiger partial charge in [-0.3, -0.25) is 0 Å². The van der Waals surface area contributed by atoms with Crippen LogP contribution in [0.5, 0.6) is 0 Å². The van der Waals surface area contributed by atoms with Gasteiger partial charge in [-0.15, -0.1) is 0 Å². The van der Waals surface area contributed by atoms with E-state index in [4.69, 9.17) is 16.3 Å². The van der Waals surface area contributed by atoms with E-state index in [0.717, 1.165) is 31.3 Å². The van der Waals surface area contributed by atoms with Crippen LogP contribution in [0.1, 0.15) is 5.56 Å². The van der Waals surface area contributed by atoms with Crippen molar-refractivity contribution in [2.75, 3.05) is 31.2 Å². The molecule has 0 saturated carbocycles. The van der Waals surface area contributed by atoms with Gasteiger partial charge in [0.25, 0.3) is 0 Å². The lowest BCUT2D eigenvalue weighted by molar-refractivity contribution is 0.122. The van der Waals surface area contributed by atoms with Crippen LogP contribution in [0.15, 0.2) is 18.2 Å². The van der Waals surface area contributed by atoms with Gasteiger partial charge in [0.15, 0.2) is 0 Å². The van der Waals surface area contributed by atoms with Crippen LogP contribution in [0, 0.1) is 6.92 Å². The number of halogens is 1. The van der Waals surface area contributed by atoms with Crippen molar-refractivity contribution >= 4 is 17.3 Å². The van der Waals surface area contributed by atoms with Gasteiger partial charge in [0.1, 0.15) is 0 Å². The van der Waals surface area contributed by atoms with Crippen LogP contribution in [0.25, 0.3) is 0 Å². The Hall–Kier alpha value is -0.730. The monoisotopic (exact) mass is 211 g/mol. The molecule has 14 heavy (non-hydrogen) atoms. The van der Waals surface area contributed by atoms with Crippen LogP contribution in [0.3, 0.4) is 0 Å². The van der Waals surface area contributed by atoms with Crippen molar-refractivity contribution in [1.29, 1.82) is 0 Å². The number of hydrogen-bond acceptors (Lipinski definition) is 2. The third-order valence-electron chi connectivity index (χ3n) is 2.52. The number of anilines is 1. The second kappa shape index (κ2) is 4.20. The van der Waals surface area contributed by atoms with E-state index < -0.39 is 0 Å². The van der Waals surface area contributed by atoms with Crippen molar-refractivity contribution in [3.8, 4) is 0 Å². The lowest BCUT2D eigenvalue weighted by atomic mass is 10.1. The molecule has 0 spiro atoms. The molecule has 76 valence electrons. The largest absolute Gasteiger partial charge is 0.378 e. The van der Waals surface area contributed by atoms with Crippen molar-refractivity contribution in [1.82, 2.24) is 0 Å². The highest BCUT2D eigenvalue weighted by molar-refractivity contribution is 6.30. The van der Waals surface area contributed by atoms with E-state index in [1.165, 1.54) is 11.3 Å². The van der Waals surface area contributed by atoms with Gasteiger partial charge in [-0.05, 0) is 24.6 Å². The van der Waals surface area contributed by atoms with Gasteiger partial charge in [-0.25, -0.2) is 0 Å². The molecule has 0 N–H and O–H groups in total. The fourth-order valence-corrected chi connectivity index (χ4v) is 1.89. The van der Waals surface area contributed by atoms with Crippen LogP contribution >= 0.6 is 11.6 Å². The first-order chi connectivity index (χ1) is 6.77. The molecule has 0 aromatic heterocycles. The third-order valence-corrected chi connectivity index (χ3v) is 2.76. The SMILES string of the molecule is Cc1ccc(Cl)cc1N1CCOCC1. The maximum absolute atomic E-state index is 5.98. The Balaban J connectivity index is 2.24. The predicted molar refractivity (Wildman–Crippen MR) is 59.2 cm³/mol. The summed E-state index contributed by atoms with van der Waals surface area (Å²) in [4.78, 5) is 2.32. The van der Waals surface area contributed by atoms with Crippen molar-refractivity contribution in [2.45, 2.75) is 6.92 Å². The van der Waals surface area contributed by atoms with E-state index in [0.29, 0.717) is 0 Å². The molecule has 0 unspecified atom stereocenters. The quantitative estimate of drug-likeness (QED) is 0.708. The first-order valence-electron chi connectivity index (χ1n) is 4.86. The molecule has 0 aliphatic carbocycles. The van der Waals surface area contributed by atoms with Crippen LogP contribution in [-0.4, -0.2) is 26.3 Å². The minimum atomic E-state index is 0.803. The zero-order valence-electron chi connectivity index (χ0n) is 8.29. The summed E-state index contributed by atoms with van der Waals surface area (Å²) in [6.07, 6.45) is 0. The molecule has 0 bridgehead atoms. The van der Waals surface area contributed by atoms with Gasteiger partial charge in [0.05, 0.1) is 13.2 Å². The Morgan fingerprint density at radius 1 is 1.29 bits per heavy atom. The summed E-state index contributed by atoms with van der Waals surface area (Å²) in [5.41, 5.74) is 2.51. The van der Waals surface area contributed by atoms with E-state index in [2.05, 4.69) is 17.9 Å². The van der Waals surface area contributed by atoms with E-state index in [9.17, 15) is 0 Å². The van der Waals surface area contributed by atoms with Crippen LogP contribution in [0.2, 0.25) is 5.02 Å². The van der Waals surface area contributed by atoms with Gasteiger partial charge in [-0.1, -0.05) is 17.7 Å². The molecule has 2 rings (SSSR count). The van der Waals surface area contributed by atoms with Crippen molar-refractivity contribution in [3.05, 3.63) is 28.8 Å². The molecule has 1 aromatic rings.